The van der Waals surface area contributed by atoms with Gasteiger partial charge in [-0.05, 0) is 31.4 Å². The van der Waals surface area contributed by atoms with E-state index in [-0.39, 0.29) is 6.04 Å². The molecule has 1 saturated heterocycles. The Kier molecular flexibility index (Phi) is 3.59. The van der Waals surface area contributed by atoms with Crippen molar-refractivity contribution in [1.82, 2.24) is 14.9 Å². The van der Waals surface area contributed by atoms with E-state index in [0.29, 0.717) is 11.6 Å². The minimum absolute atomic E-state index is 0.136. The van der Waals surface area contributed by atoms with Crippen LogP contribution in [0.15, 0.2) is 24.4 Å². The van der Waals surface area contributed by atoms with Crippen LogP contribution in [0.5, 0.6) is 0 Å². The summed E-state index contributed by atoms with van der Waals surface area (Å²) in [4.78, 5) is 20.3. The number of rotatable bonds is 2. The van der Waals surface area contributed by atoms with Crippen molar-refractivity contribution in [1.29, 1.82) is 0 Å². The molecule has 5 nitrogen and oxygen atoms in total. The van der Waals surface area contributed by atoms with Gasteiger partial charge in [0.15, 0.2) is 0 Å². The largest absolute Gasteiger partial charge is 0.465 e. The van der Waals surface area contributed by atoms with Crippen LogP contribution in [0.3, 0.4) is 0 Å². The third kappa shape index (κ3) is 2.49. The van der Waals surface area contributed by atoms with Crippen LogP contribution in [0, 0.1) is 6.92 Å². The molecule has 1 atom stereocenters. The number of amides is 1. The van der Waals surface area contributed by atoms with E-state index < -0.39 is 6.09 Å². The first kappa shape index (κ1) is 13.9. The van der Waals surface area contributed by atoms with E-state index in [9.17, 15) is 9.90 Å². The maximum Gasteiger partial charge on any atom is 0.407 e. The van der Waals surface area contributed by atoms with Crippen LogP contribution in [0.4, 0.5) is 4.79 Å². The fourth-order valence-corrected chi connectivity index (χ4v) is 3.00. The monoisotopic (exact) mass is 305 g/mol. The number of hydrogen-bond donors (Lipinski definition) is 2. The van der Waals surface area contributed by atoms with E-state index in [1.54, 1.807) is 6.20 Å². The number of aromatic amines is 1. The highest BCUT2D eigenvalue weighted by molar-refractivity contribution is 6.31. The number of benzene rings is 1. The molecule has 6 heteroatoms. The second-order valence-electron chi connectivity index (χ2n) is 5.23. The molecule has 0 saturated carbocycles. The molecule has 2 N–H and O–H groups in total. The van der Waals surface area contributed by atoms with Crippen molar-refractivity contribution in [2.45, 2.75) is 25.8 Å². The second-order valence-corrected chi connectivity index (χ2v) is 5.64. The molecule has 2 heterocycles. The lowest BCUT2D eigenvalue weighted by atomic mass is 10.1. The number of halogens is 1. The molecule has 0 bridgehead atoms. The van der Waals surface area contributed by atoms with Crippen molar-refractivity contribution in [3.8, 4) is 11.4 Å². The summed E-state index contributed by atoms with van der Waals surface area (Å²) in [5, 5.41) is 9.92. The predicted octanol–water partition coefficient (Wildman–Crippen LogP) is 3.85. The molecule has 1 aliphatic heterocycles. The summed E-state index contributed by atoms with van der Waals surface area (Å²) in [6.45, 7) is 2.52. The summed E-state index contributed by atoms with van der Waals surface area (Å²) in [6.07, 6.45) is 2.54. The summed E-state index contributed by atoms with van der Waals surface area (Å²) in [7, 11) is 0. The standard InChI is InChI=1S/C15H16ClN3O2/c1-9-10(4-2-5-11(9)16)14-17-8-12(18-14)13-6-3-7-19(13)15(20)21/h2,4-5,8,13H,3,6-7H2,1H3,(H,17,18)(H,20,21). The van der Waals surface area contributed by atoms with E-state index in [2.05, 4.69) is 9.97 Å². The SMILES string of the molecule is Cc1c(Cl)cccc1-c1ncc(C2CCCN2C(=O)O)[nH]1. The highest BCUT2D eigenvalue weighted by atomic mass is 35.5. The normalized spacial score (nSPS) is 18.2. The summed E-state index contributed by atoms with van der Waals surface area (Å²) < 4.78 is 0. The van der Waals surface area contributed by atoms with Crippen LogP contribution in [0.2, 0.25) is 5.02 Å². The lowest BCUT2D eigenvalue weighted by Gasteiger charge is -2.19. The molecule has 2 aromatic rings. The van der Waals surface area contributed by atoms with Gasteiger partial charge in [-0.3, -0.25) is 4.90 Å². The van der Waals surface area contributed by atoms with Gasteiger partial charge in [0.05, 0.1) is 17.9 Å². The molecule has 1 fully saturated rings. The molecule has 3 rings (SSSR count). The Morgan fingerprint density at radius 2 is 2.33 bits per heavy atom. The molecular formula is C15H16ClN3O2. The fourth-order valence-electron chi connectivity index (χ4n) is 2.82. The number of likely N-dealkylation sites (tertiary alicyclic amines) is 1. The summed E-state index contributed by atoms with van der Waals surface area (Å²) >= 11 is 6.13. The van der Waals surface area contributed by atoms with Gasteiger partial charge in [0, 0.05) is 17.1 Å². The predicted molar refractivity (Wildman–Crippen MR) is 80.5 cm³/mol. The van der Waals surface area contributed by atoms with Crippen molar-refractivity contribution in [3.63, 3.8) is 0 Å². The van der Waals surface area contributed by atoms with Crippen LogP contribution in [-0.4, -0.2) is 32.6 Å². The van der Waals surface area contributed by atoms with E-state index >= 15 is 0 Å². The zero-order chi connectivity index (χ0) is 15.0. The molecule has 1 unspecified atom stereocenters. The van der Waals surface area contributed by atoms with Gasteiger partial charge in [0.1, 0.15) is 5.82 Å². The van der Waals surface area contributed by atoms with E-state index in [1.165, 1.54) is 4.90 Å². The van der Waals surface area contributed by atoms with Crippen LogP contribution in [0.25, 0.3) is 11.4 Å². The molecule has 21 heavy (non-hydrogen) atoms. The average molecular weight is 306 g/mol. The minimum atomic E-state index is -0.882. The average Bonchev–Trinajstić information content (AvgIpc) is 3.09. The molecule has 0 aliphatic carbocycles. The van der Waals surface area contributed by atoms with Gasteiger partial charge in [-0.2, -0.15) is 0 Å². The number of hydrogen-bond acceptors (Lipinski definition) is 2. The number of H-pyrrole nitrogens is 1. The number of nitrogens with zero attached hydrogens (tertiary/aromatic N) is 2. The van der Waals surface area contributed by atoms with Crippen molar-refractivity contribution in [2.24, 2.45) is 0 Å². The van der Waals surface area contributed by atoms with Gasteiger partial charge in [-0.1, -0.05) is 23.7 Å². The first-order valence-electron chi connectivity index (χ1n) is 6.88. The molecule has 1 aromatic carbocycles. The van der Waals surface area contributed by atoms with Crippen molar-refractivity contribution < 1.29 is 9.90 Å². The Hall–Kier alpha value is -2.01. The lowest BCUT2D eigenvalue weighted by Crippen LogP contribution is -2.28. The Morgan fingerprint density at radius 1 is 1.52 bits per heavy atom. The molecule has 1 aliphatic rings. The zero-order valence-electron chi connectivity index (χ0n) is 11.6. The van der Waals surface area contributed by atoms with Crippen molar-refractivity contribution in [3.05, 3.63) is 40.7 Å². The van der Waals surface area contributed by atoms with Crippen molar-refractivity contribution >= 4 is 17.7 Å². The third-order valence-electron chi connectivity index (χ3n) is 3.98. The molecule has 0 spiro atoms. The first-order valence-corrected chi connectivity index (χ1v) is 7.25. The third-order valence-corrected chi connectivity index (χ3v) is 4.39. The molecule has 0 radical (unpaired) electrons. The smallest absolute Gasteiger partial charge is 0.407 e. The Balaban J connectivity index is 1.93. The summed E-state index contributed by atoms with van der Waals surface area (Å²) in [6, 6.07) is 5.54. The highest BCUT2D eigenvalue weighted by Gasteiger charge is 2.31. The molecular weight excluding hydrogens is 290 g/mol. The first-order chi connectivity index (χ1) is 10.1. The van der Waals surface area contributed by atoms with Gasteiger partial charge in [-0.15, -0.1) is 0 Å². The van der Waals surface area contributed by atoms with Crippen LogP contribution < -0.4 is 0 Å². The van der Waals surface area contributed by atoms with Crippen LogP contribution in [0.1, 0.15) is 30.1 Å². The van der Waals surface area contributed by atoms with E-state index in [4.69, 9.17) is 11.6 Å². The van der Waals surface area contributed by atoms with Crippen LogP contribution >= 0.6 is 11.6 Å². The molecule has 110 valence electrons. The number of carboxylic acid groups (broad SMARTS) is 1. The number of nitrogens with one attached hydrogen (secondary N) is 1. The number of carbonyl (C=O) groups is 1. The summed E-state index contributed by atoms with van der Waals surface area (Å²) in [5.74, 6) is 0.724. The van der Waals surface area contributed by atoms with Gasteiger partial charge in [0.25, 0.3) is 0 Å². The molecule has 1 amide bonds. The highest BCUT2D eigenvalue weighted by Crippen LogP contribution is 2.33. The van der Waals surface area contributed by atoms with Crippen LogP contribution in [-0.2, 0) is 0 Å². The Bertz CT molecular complexity index is 683. The summed E-state index contributed by atoms with van der Waals surface area (Å²) in [5.41, 5.74) is 2.74. The zero-order valence-corrected chi connectivity index (χ0v) is 12.4. The van der Waals surface area contributed by atoms with E-state index in [0.717, 1.165) is 35.5 Å². The quantitative estimate of drug-likeness (QED) is 0.885. The number of aromatic nitrogens is 2. The topological polar surface area (TPSA) is 69.2 Å². The van der Waals surface area contributed by atoms with E-state index in [1.807, 2.05) is 25.1 Å². The van der Waals surface area contributed by atoms with Crippen molar-refractivity contribution in [2.75, 3.05) is 6.54 Å². The fraction of sp³-hybridized carbons (Fsp3) is 0.333. The maximum absolute atomic E-state index is 11.2. The van der Waals surface area contributed by atoms with Gasteiger partial charge in [0.2, 0.25) is 0 Å². The lowest BCUT2D eigenvalue weighted by molar-refractivity contribution is 0.139. The van der Waals surface area contributed by atoms with Gasteiger partial charge in [-0.25, -0.2) is 9.78 Å². The maximum atomic E-state index is 11.2. The van der Waals surface area contributed by atoms with Gasteiger partial charge >= 0.3 is 6.09 Å². The molecule has 1 aromatic heterocycles. The minimum Gasteiger partial charge on any atom is -0.465 e. The van der Waals surface area contributed by atoms with Gasteiger partial charge < -0.3 is 10.1 Å². The Morgan fingerprint density at radius 3 is 3.10 bits per heavy atom. The number of imidazole rings is 1. The second kappa shape index (κ2) is 5.41. The Labute approximate surface area is 127 Å².